The fourth-order valence-corrected chi connectivity index (χ4v) is 3.44. The van der Waals surface area contributed by atoms with Gasteiger partial charge >= 0.3 is 0 Å². The third-order valence-corrected chi connectivity index (χ3v) is 4.83. The molecule has 0 radical (unpaired) electrons. The zero-order valence-corrected chi connectivity index (χ0v) is 15.3. The number of hydrogen-bond acceptors (Lipinski definition) is 5. The van der Waals surface area contributed by atoms with E-state index in [2.05, 4.69) is 39.5 Å². The molecular weight excluding hydrogens is 350 g/mol. The van der Waals surface area contributed by atoms with Gasteiger partial charge < -0.3 is 4.74 Å². The normalized spacial score (nSPS) is 16.5. The molecule has 2 heterocycles. The predicted molar refractivity (Wildman–Crippen MR) is 99.6 cm³/mol. The van der Waals surface area contributed by atoms with Crippen LogP contribution in [0.1, 0.15) is 23.0 Å². The monoisotopic (exact) mass is 369 g/mol. The van der Waals surface area contributed by atoms with Crippen LogP contribution in [0.4, 0.5) is 0 Å². The Bertz CT molecular complexity index is 874. The molecule has 1 saturated heterocycles. The second kappa shape index (κ2) is 7.53. The molecule has 1 fully saturated rings. The fraction of sp³-hybridized carbons (Fsp3) is 0.316. The minimum Gasteiger partial charge on any atom is -0.379 e. The summed E-state index contributed by atoms with van der Waals surface area (Å²) < 4.78 is 7.35. The van der Waals surface area contributed by atoms with Gasteiger partial charge in [-0.25, -0.2) is 0 Å². The summed E-state index contributed by atoms with van der Waals surface area (Å²) in [5.74, 6) is 0.792. The molecular formula is C19H20ClN5O. The number of hydrogen-bond donors (Lipinski definition) is 0. The number of morpholine rings is 1. The second-order valence-electron chi connectivity index (χ2n) is 6.39. The molecule has 0 N–H and O–H groups in total. The highest BCUT2D eigenvalue weighted by molar-refractivity contribution is 6.30. The van der Waals surface area contributed by atoms with Crippen LogP contribution < -0.4 is 0 Å². The highest BCUT2D eigenvalue weighted by Crippen LogP contribution is 2.30. The van der Waals surface area contributed by atoms with Crippen LogP contribution in [-0.4, -0.2) is 51.4 Å². The summed E-state index contributed by atoms with van der Waals surface area (Å²) in [6, 6.07) is 16.0. The highest BCUT2D eigenvalue weighted by atomic mass is 35.5. The smallest absolute Gasteiger partial charge is 0.178 e. The van der Waals surface area contributed by atoms with Crippen molar-refractivity contribution >= 4 is 11.6 Å². The van der Waals surface area contributed by atoms with E-state index in [1.54, 1.807) is 0 Å². The van der Waals surface area contributed by atoms with E-state index < -0.39 is 0 Å². The van der Waals surface area contributed by atoms with Crippen LogP contribution in [0.25, 0.3) is 5.69 Å². The number of rotatable bonds is 4. The van der Waals surface area contributed by atoms with Gasteiger partial charge in [0.25, 0.3) is 0 Å². The molecule has 134 valence electrons. The Hall–Kier alpha value is -2.28. The zero-order valence-electron chi connectivity index (χ0n) is 14.5. The van der Waals surface area contributed by atoms with Crippen LogP contribution >= 0.6 is 11.6 Å². The van der Waals surface area contributed by atoms with Crippen LogP contribution in [0.2, 0.25) is 5.02 Å². The van der Waals surface area contributed by atoms with Crippen molar-refractivity contribution in [3.05, 3.63) is 70.5 Å². The average molecular weight is 370 g/mol. The molecule has 7 heteroatoms. The fourth-order valence-electron chi connectivity index (χ4n) is 3.31. The Balaban J connectivity index is 1.79. The Kier molecular flexibility index (Phi) is 4.97. The lowest BCUT2D eigenvalue weighted by atomic mass is 10.0. The summed E-state index contributed by atoms with van der Waals surface area (Å²) in [4.78, 5) is 2.35. The SMILES string of the molecule is Cc1cccc(-n2nnnc2C(c2ccc(Cl)cc2)N2CCOCC2)c1. The van der Waals surface area contributed by atoms with Gasteiger partial charge in [0.2, 0.25) is 0 Å². The largest absolute Gasteiger partial charge is 0.379 e. The van der Waals surface area contributed by atoms with Gasteiger partial charge in [-0.3, -0.25) is 4.90 Å². The minimum absolute atomic E-state index is 0.0633. The summed E-state index contributed by atoms with van der Waals surface area (Å²) in [5.41, 5.74) is 3.23. The third-order valence-electron chi connectivity index (χ3n) is 4.58. The van der Waals surface area contributed by atoms with E-state index in [-0.39, 0.29) is 6.04 Å². The number of halogens is 1. The maximum Gasteiger partial charge on any atom is 0.178 e. The van der Waals surface area contributed by atoms with Gasteiger partial charge in [-0.2, -0.15) is 4.68 Å². The van der Waals surface area contributed by atoms with E-state index in [0.717, 1.165) is 30.2 Å². The standard InChI is InChI=1S/C19H20ClN5O/c1-14-3-2-4-17(13-14)25-19(21-22-23-25)18(24-9-11-26-12-10-24)15-5-7-16(20)8-6-15/h2-8,13,18H,9-12H2,1H3. The molecule has 0 saturated carbocycles. The summed E-state index contributed by atoms with van der Waals surface area (Å²) in [6.07, 6.45) is 0. The predicted octanol–water partition coefficient (Wildman–Crippen LogP) is 3.05. The zero-order chi connectivity index (χ0) is 17.9. The molecule has 0 aliphatic carbocycles. The van der Waals surface area contributed by atoms with Crippen LogP contribution in [-0.2, 0) is 4.74 Å². The van der Waals surface area contributed by atoms with Crippen LogP contribution in [0.3, 0.4) is 0 Å². The Morgan fingerprint density at radius 2 is 1.85 bits per heavy atom. The second-order valence-corrected chi connectivity index (χ2v) is 6.83. The van der Waals surface area contributed by atoms with E-state index in [4.69, 9.17) is 16.3 Å². The van der Waals surface area contributed by atoms with Gasteiger partial charge in [0.15, 0.2) is 5.82 Å². The first-order valence-corrected chi connectivity index (χ1v) is 9.03. The summed E-state index contributed by atoms with van der Waals surface area (Å²) in [6.45, 7) is 5.13. The van der Waals surface area contributed by atoms with Crippen molar-refractivity contribution in [1.82, 2.24) is 25.1 Å². The van der Waals surface area contributed by atoms with Gasteiger partial charge in [-0.05, 0) is 52.7 Å². The molecule has 26 heavy (non-hydrogen) atoms. The first-order chi connectivity index (χ1) is 12.7. The van der Waals surface area contributed by atoms with Crippen molar-refractivity contribution in [3.8, 4) is 5.69 Å². The van der Waals surface area contributed by atoms with Crippen molar-refractivity contribution in [2.45, 2.75) is 13.0 Å². The van der Waals surface area contributed by atoms with Crippen molar-refractivity contribution in [3.63, 3.8) is 0 Å². The molecule has 1 atom stereocenters. The number of aromatic nitrogens is 4. The molecule has 1 aliphatic heterocycles. The number of nitrogens with zero attached hydrogens (tertiary/aromatic N) is 5. The van der Waals surface area contributed by atoms with Gasteiger partial charge in [-0.15, -0.1) is 5.10 Å². The minimum atomic E-state index is -0.0633. The molecule has 1 aliphatic rings. The molecule has 4 rings (SSSR count). The van der Waals surface area contributed by atoms with Crippen molar-refractivity contribution < 1.29 is 4.74 Å². The van der Waals surface area contributed by atoms with Crippen LogP contribution in [0.15, 0.2) is 48.5 Å². The Morgan fingerprint density at radius 3 is 2.58 bits per heavy atom. The first kappa shape index (κ1) is 17.1. The number of benzene rings is 2. The van der Waals surface area contributed by atoms with Gasteiger partial charge in [0.1, 0.15) is 0 Å². The van der Waals surface area contributed by atoms with Gasteiger partial charge in [0.05, 0.1) is 24.9 Å². The molecule has 0 bridgehead atoms. The lowest BCUT2D eigenvalue weighted by molar-refractivity contribution is 0.0220. The molecule has 6 nitrogen and oxygen atoms in total. The van der Waals surface area contributed by atoms with Crippen molar-refractivity contribution in [2.75, 3.05) is 26.3 Å². The number of tetrazole rings is 1. The van der Waals surface area contributed by atoms with Crippen molar-refractivity contribution in [2.24, 2.45) is 0 Å². The first-order valence-electron chi connectivity index (χ1n) is 8.65. The molecule has 3 aromatic rings. The lowest BCUT2D eigenvalue weighted by Crippen LogP contribution is -2.40. The van der Waals surface area contributed by atoms with Gasteiger partial charge in [0, 0.05) is 18.1 Å². The Labute approximate surface area is 157 Å². The maximum atomic E-state index is 6.09. The van der Waals surface area contributed by atoms with Crippen LogP contribution in [0.5, 0.6) is 0 Å². The number of ether oxygens (including phenoxy) is 1. The topological polar surface area (TPSA) is 56.1 Å². The van der Waals surface area contributed by atoms with E-state index in [9.17, 15) is 0 Å². The van der Waals surface area contributed by atoms with E-state index in [1.807, 2.05) is 41.1 Å². The van der Waals surface area contributed by atoms with E-state index >= 15 is 0 Å². The molecule has 2 aromatic carbocycles. The summed E-state index contributed by atoms with van der Waals surface area (Å²) in [5, 5.41) is 13.3. The number of aryl methyl sites for hydroxylation is 1. The summed E-state index contributed by atoms with van der Waals surface area (Å²) >= 11 is 6.09. The van der Waals surface area contributed by atoms with Crippen molar-refractivity contribution in [1.29, 1.82) is 0 Å². The molecule has 0 spiro atoms. The lowest BCUT2D eigenvalue weighted by Gasteiger charge is -2.33. The molecule has 1 aromatic heterocycles. The third kappa shape index (κ3) is 3.49. The molecule has 1 unspecified atom stereocenters. The summed E-state index contributed by atoms with van der Waals surface area (Å²) in [7, 11) is 0. The maximum absolute atomic E-state index is 6.09. The molecule has 0 amide bonds. The van der Waals surface area contributed by atoms with E-state index in [1.165, 1.54) is 5.56 Å². The quantitative estimate of drug-likeness (QED) is 0.707. The van der Waals surface area contributed by atoms with Gasteiger partial charge in [-0.1, -0.05) is 35.9 Å². The average Bonchev–Trinajstić information content (AvgIpc) is 3.14. The van der Waals surface area contributed by atoms with Crippen LogP contribution in [0, 0.1) is 6.92 Å². The highest BCUT2D eigenvalue weighted by Gasteiger charge is 2.29. The van der Waals surface area contributed by atoms with E-state index in [0.29, 0.717) is 18.2 Å². The Morgan fingerprint density at radius 1 is 1.08 bits per heavy atom.